The number of pyridine rings is 2. The third kappa shape index (κ3) is 4.51. The summed E-state index contributed by atoms with van der Waals surface area (Å²) in [5.41, 5.74) is 12.0. The monoisotopic (exact) mass is 499 g/mol. The van der Waals surface area contributed by atoms with Crippen molar-refractivity contribution in [3.8, 4) is 5.69 Å². The second-order valence-corrected chi connectivity index (χ2v) is 11.3. The van der Waals surface area contributed by atoms with E-state index in [0.717, 1.165) is 47.7 Å². The highest BCUT2D eigenvalue weighted by Crippen LogP contribution is 2.44. The minimum absolute atomic E-state index is 0.0110. The fraction of sp³-hybridized carbons (Fsp3) is 0.444. The normalized spacial score (nSPS) is 23.8. The Morgan fingerprint density at radius 3 is 2.81 bits per heavy atom. The Kier molecular flexibility index (Phi) is 5.80. The Hall–Kier alpha value is -3.63. The van der Waals surface area contributed by atoms with E-state index in [1.165, 1.54) is 5.56 Å². The SMILES string of the molecule is Cc1cn(-c2ccnc3nc(C4NNC5CCC(c6cncc(NC(=O)C(C)(C)C)c6)CC54)[nH]c23)cn1. The molecule has 1 amide bonds. The summed E-state index contributed by atoms with van der Waals surface area (Å²) in [6.45, 7) is 7.71. The van der Waals surface area contributed by atoms with E-state index in [9.17, 15) is 4.79 Å². The molecule has 0 aromatic carbocycles. The van der Waals surface area contributed by atoms with E-state index in [1.807, 2.05) is 57.0 Å². The lowest BCUT2D eigenvalue weighted by Crippen LogP contribution is -2.34. The smallest absolute Gasteiger partial charge is 0.229 e. The molecule has 0 bridgehead atoms. The Balaban J connectivity index is 1.25. The average molecular weight is 500 g/mol. The molecular formula is C27H33N9O. The van der Waals surface area contributed by atoms with Gasteiger partial charge in [0.1, 0.15) is 11.3 Å². The molecule has 1 saturated carbocycles. The van der Waals surface area contributed by atoms with Gasteiger partial charge in [-0.1, -0.05) is 20.8 Å². The van der Waals surface area contributed by atoms with Crippen LogP contribution in [-0.4, -0.2) is 41.4 Å². The number of aromatic nitrogens is 6. The fourth-order valence-corrected chi connectivity index (χ4v) is 5.53. The third-order valence-electron chi connectivity index (χ3n) is 7.59. The summed E-state index contributed by atoms with van der Waals surface area (Å²) in [6.07, 6.45) is 12.4. The van der Waals surface area contributed by atoms with Gasteiger partial charge in [-0.2, -0.15) is 0 Å². The van der Waals surface area contributed by atoms with Gasteiger partial charge in [0.15, 0.2) is 5.65 Å². The number of fused-ring (bicyclic) bond motifs is 2. The zero-order valence-electron chi connectivity index (χ0n) is 21.6. The van der Waals surface area contributed by atoms with Crippen LogP contribution in [0.1, 0.15) is 69.1 Å². The van der Waals surface area contributed by atoms with Crippen molar-refractivity contribution in [2.24, 2.45) is 11.3 Å². The summed E-state index contributed by atoms with van der Waals surface area (Å²) < 4.78 is 2.00. The van der Waals surface area contributed by atoms with Gasteiger partial charge in [0.2, 0.25) is 5.91 Å². The van der Waals surface area contributed by atoms with Crippen LogP contribution in [0.5, 0.6) is 0 Å². The van der Waals surface area contributed by atoms with Gasteiger partial charge in [-0.15, -0.1) is 0 Å². The molecule has 10 heteroatoms. The van der Waals surface area contributed by atoms with Crippen molar-refractivity contribution < 1.29 is 4.79 Å². The molecule has 4 unspecified atom stereocenters. The molecule has 4 N–H and O–H groups in total. The first-order chi connectivity index (χ1) is 17.8. The van der Waals surface area contributed by atoms with Gasteiger partial charge in [-0.3, -0.25) is 15.2 Å². The highest BCUT2D eigenvalue weighted by Gasteiger charge is 2.43. The number of amides is 1. The van der Waals surface area contributed by atoms with Crippen LogP contribution in [-0.2, 0) is 4.79 Å². The van der Waals surface area contributed by atoms with Crippen LogP contribution in [0, 0.1) is 18.3 Å². The number of carbonyl (C=O) groups excluding carboxylic acids is 1. The van der Waals surface area contributed by atoms with Gasteiger partial charge in [0.05, 0.1) is 35.6 Å². The van der Waals surface area contributed by atoms with Crippen LogP contribution in [0.4, 0.5) is 5.69 Å². The van der Waals surface area contributed by atoms with E-state index in [4.69, 9.17) is 4.98 Å². The Morgan fingerprint density at radius 1 is 1.16 bits per heavy atom. The number of hydrazine groups is 1. The quantitative estimate of drug-likeness (QED) is 0.335. The van der Waals surface area contributed by atoms with Crippen LogP contribution in [0.15, 0.2) is 43.2 Å². The number of H-pyrrole nitrogens is 1. The standard InChI is InChI=1S/C27H33N9O/c1-15-13-36(14-30-15)21-7-8-29-24-23(21)32-25(33-24)22-19-10-16(5-6-20(19)34-35-22)17-9-18(12-28-11-17)31-26(37)27(2,3)4/h7-9,11-14,16,19-20,22,34-35H,5-6,10H2,1-4H3,(H,31,37)(H,29,32,33). The predicted octanol–water partition coefficient (Wildman–Crippen LogP) is 3.93. The summed E-state index contributed by atoms with van der Waals surface area (Å²) in [7, 11) is 0. The molecule has 4 aromatic heterocycles. The zero-order valence-corrected chi connectivity index (χ0v) is 21.6. The van der Waals surface area contributed by atoms with Crippen molar-refractivity contribution >= 4 is 22.8 Å². The molecule has 2 aliphatic rings. The lowest BCUT2D eigenvalue weighted by atomic mass is 9.73. The number of rotatable bonds is 4. The van der Waals surface area contributed by atoms with Crippen LogP contribution < -0.4 is 16.2 Å². The third-order valence-corrected chi connectivity index (χ3v) is 7.59. The highest BCUT2D eigenvalue weighted by atomic mass is 16.2. The van der Waals surface area contributed by atoms with Crippen LogP contribution in [0.3, 0.4) is 0 Å². The molecule has 4 atom stereocenters. The number of aromatic amines is 1. The van der Waals surface area contributed by atoms with Gasteiger partial charge >= 0.3 is 0 Å². The van der Waals surface area contributed by atoms with Crippen molar-refractivity contribution in [2.75, 3.05) is 5.32 Å². The first kappa shape index (κ1) is 23.7. The lowest BCUT2D eigenvalue weighted by molar-refractivity contribution is -0.123. The van der Waals surface area contributed by atoms with E-state index >= 15 is 0 Å². The van der Waals surface area contributed by atoms with Crippen molar-refractivity contribution in [3.05, 3.63) is 60.3 Å². The minimum atomic E-state index is -0.458. The summed E-state index contributed by atoms with van der Waals surface area (Å²) in [5, 5.41) is 3.02. The molecule has 37 heavy (non-hydrogen) atoms. The Labute approximate surface area is 215 Å². The van der Waals surface area contributed by atoms with Gasteiger partial charge in [-0.25, -0.2) is 20.4 Å². The van der Waals surface area contributed by atoms with Gasteiger partial charge < -0.3 is 14.9 Å². The maximum absolute atomic E-state index is 12.5. The zero-order chi connectivity index (χ0) is 25.7. The number of imidazole rings is 2. The van der Waals surface area contributed by atoms with Crippen LogP contribution in [0.2, 0.25) is 0 Å². The van der Waals surface area contributed by atoms with Gasteiger partial charge in [-0.05, 0) is 55.7 Å². The first-order valence-corrected chi connectivity index (χ1v) is 12.9. The Morgan fingerprint density at radius 2 is 2.03 bits per heavy atom. The van der Waals surface area contributed by atoms with E-state index in [1.54, 1.807) is 12.4 Å². The molecule has 1 aliphatic heterocycles. The summed E-state index contributed by atoms with van der Waals surface area (Å²) in [4.78, 5) is 34.3. The molecule has 6 rings (SSSR count). The summed E-state index contributed by atoms with van der Waals surface area (Å²) in [6, 6.07) is 4.46. The fourth-order valence-electron chi connectivity index (χ4n) is 5.53. The number of anilines is 1. The summed E-state index contributed by atoms with van der Waals surface area (Å²) >= 11 is 0. The molecule has 4 aromatic rings. The van der Waals surface area contributed by atoms with Crippen molar-refractivity contribution in [2.45, 2.75) is 65.0 Å². The number of carbonyl (C=O) groups is 1. The Bertz CT molecular complexity index is 1450. The van der Waals surface area contributed by atoms with Crippen LogP contribution in [0.25, 0.3) is 16.9 Å². The molecule has 0 spiro atoms. The number of aryl methyl sites for hydroxylation is 1. The molecule has 192 valence electrons. The first-order valence-electron chi connectivity index (χ1n) is 12.9. The molecule has 5 heterocycles. The van der Waals surface area contributed by atoms with Gasteiger partial charge in [0.25, 0.3) is 0 Å². The molecular weight excluding hydrogens is 466 g/mol. The maximum Gasteiger partial charge on any atom is 0.229 e. The van der Waals surface area contributed by atoms with Gasteiger partial charge in [0, 0.05) is 30.0 Å². The van der Waals surface area contributed by atoms with Crippen molar-refractivity contribution in [1.29, 1.82) is 0 Å². The molecule has 10 nitrogen and oxygen atoms in total. The van der Waals surface area contributed by atoms with Crippen LogP contribution >= 0.6 is 0 Å². The highest BCUT2D eigenvalue weighted by molar-refractivity contribution is 5.94. The largest absolute Gasteiger partial charge is 0.337 e. The molecule has 2 fully saturated rings. The number of hydrogen-bond acceptors (Lipinski definition) is 7. The van der Waals surface area contributed by atoms with Crippen molar-refractivity contribution in [1.82, 2.24) is 40.3 Å². The molecule has 0 radical (unpaired) electrons. The molecule has 1 aliphatic carbocycles. The second-order valence-electron chi connectivity index (χ2n) is 11.3. The second kappa shape index (κ2) is 9.04. The number of nitrogens with one attached hydrogen (secondary N) is 4. The van der Waals surface area contributed by atoms with E-state index in [0.29, 0.717) is 23.5 Å². The van der Waals surface area contributed by atoms with E-state index < -0.39 is 5.41 Å². The minimum Gasteiger partial charge on any atom is -0.337 e. The molecule has 1 saturated heterocycles. The van der Waals surface area contributed by atoms with E-state index in [2.05, 4.69) is 42.2 Å². The average Bonchev–Trinajstić information content (AvgIpc) is 3.60. The number of nitrogens with zero attached hydrogens (tertiary/aromatic N) is 5. The van der Waals surface area contributed by atoms with Crippen molar-refractivity contribution in [3.63, 3.8) is 0 Å². The topological polar surface area (TPSA) is 125 Å². The maximum atomic E-state index is 12.5. The number of hydrogen-bond donors (Lipinski definition) is 4. The summed E-state index contributed by atoms with van der Waals surface area (Å²) in [5.74, 6) is 1.59. The lowest BCUT2D eigenvalue weighted by Gasteiger charge is -2.33. The van der Waals surface area contributed by atoms with E-state index in [-0.39, 0.29) is 11.9 Å². The predicted molar refractivity (Wildman–Crippen MR) is 141 cm³/mol.